The van der Waals surface area contributed by atoms with Gasteiger partial charge in [0.25, 0.3) is 11.7 Å². The fourth-order valence-corrected chi connectivity index (χ4v) is 9.25. The number of benzene rings is 2. The van der Waals surface area contributed by atoms with E-state index in [4.69, 9.17) is 24.0 Å². The van der Waals surface area contributed by atoms with Gasteiger partial charge in [-0.3, -0.25) is 19.5 Å². The summed E-state index contributed by atoms with van der Waals surface area (Å²) >= 11 is 0. The molecule has 0 aromatic heterocycles. The van der Waals surface area contributed by atoms with Crippen molar-refractivity contribution in [3.63, 3.8) is 0 Å². The van der Waals surface area contributed by atoms with Crippen molar-refractivity contribution in [1.29, 1.82) is 0 Å². The van der Waals surface area contributed by atoms with Crippen LogP contribution in [0.25, 0.3) is 10.8 Å². The first-order chi connectivity index (χ1) is 28.9. The maximum absolute atomic E-state index is 13.8. The number of fused-ring (bicyclic) bond motifs is 14. The summed E-state index contributed by atoms with van der Waals surface area (Å²) in [5.74, 6) is -4.99. The summed E-state index contributed by atoms with van der Waals surface area (Å²) in [7, 11) is 1.49. The van der Waals surface area contributed by atoms with Crippen LogP contribution in [0.5, 0.6) is 23.0 Å². The molecular formula is C46H64N4O11. The molecule has 15 nitrogen and oxygen atoms in total. The highest BCUT2D eigenvalue weighted by Crippen LogP contribution is 2.58. The zero-order valence-electron chi connectivity index (χ0n) is 36.7. The Morgan fingerprint density at radius 1 is 0.984 bits per heavy atom. The molecule has 2 fully saturated rings. The summed E-state index contributed by atoms with van der Waals surface area (Å²) in [5.41, 5.74) is 0.254. The molecule has 4 aliphatic heterocycles. The number of esters is 1. The van der Waals surface area contributed by atoms with Gasteiger partial charge in [-0.2, -0.15) is 5.10 Å². The average molecular weight is 849 g/mol. The standard InChI is InChI=1S/C46H64N4O11/c1-25-12-11-13-26(2)45(57)48-38-33(24-47-50-19-17-49(18-20-50)31-14-9-10-15-31)41(54)35-36(42(38)55)40(53)29(5)43-37(35)44(56)46(7,61-43)59-21-16-32(58-8)23-34(60-30(6)51)28(4)39(52)27(3)22-25/h11-13,16,21,24-25,27-28,31-32,34,39,44,52-56H,9-10,14-15,17-20,22-23H2,1-8H3,(H,48,57)/b12-11+,21-16+,26-13-,47-24+/t25-,27+,28-,32-,34+,39+,44?,46-/m0/s1. The van der Waals surface area contributed by atoms with Crippen molar-refractivity contribution in [2.75, 3.05) is 38.6 Å². The minimum Gasteiger partial charge on any atom is -0.507 e. The van der Waals surface area contributed by atoms with Gasteiger partial charge in [0, 0.05) is 87.6 Å². The van der Waals surface area contributed by atoms with E-state index < -0.39 is 65.2 Å². The normalized spacial score (nSPS) is 31.8. The first-order valence-electron chi connectivity index (χ1n) is 21.5. The van der Waals surface area contributed by atoms with E-state index in [0.29, 0.717) is 25.6 Å². The van der Waals surface area contributed by atoms with Crippen molar-refractivity contribution in [1.82, 2.24) is 9.91 Å². The van der Waals surface area contributed by atoms with Gasteiger partial charge in [0.05, 0.1) is 41.3 Å². The SMILES string of the molecule is CO[C@H]1/C=C/O[C@@]2(C)Oc3c(C)c(O)c4c(O)c(c(/C=N/N5CCN(C6CCCC6)CC5)c(O)c4c3C2O)NC(=O)/C(C)=C\C=C\[C@H](C)C[C@@H](C)[C@@H](O)[C@@H](C)[C@H](OC(C)=O)C1. The molecule has 5 aliphatic rings. The van der Waals surface area contributed by atoms with Crippen molar-refractivity contribution in [2.24, 2.45) is 22.9 Å². The van der Waals surface area contributed by atoms with Crippen LogP contribution in [0.1, 0.15) is 103 Å². The molecule has 5 bridgehead atoms. The van der Waals surface area contributed by atoms with Crippen molar-refractivity contribution < 1.29 is 54.1 Å². The van der Waals surface area contributed by atoms with E-state index in [0.717, 1.165) is 13.1 Å². The molecule has 0 radical (unpaired) electrons. The highest BCUT2D eigenvalue weighted by Gasteiger charge is 2.49. The third-order valence-electron chi connectivity index (χ3n) is 13.0. The Labute approximate surface area is 358 Å². The largest absolute Gasteiger partial charge is 0.507 e. The minimum atomic E-state index is -1.81. The third kappa shape index (κ3) is 9.64. The van der Waals surface area contributed by atoms with Crippen molar-refractivity contribution >= 4 is 34.6 Å². The predicted molar refractivity (Wildman–Crippen MR) is 232 cm³/mol. The molecule has 1 saturated heterocycles. The molecule has 2 aromatic carbocycles. The van der Waals surface area contributed by atoms with Gasteiger partial charge in [-0.25, -0.2) is 0 Å². The number of phenolic OH excluding ortho intramolecular Hbond substituents is 3. The number of methoxy groups -OCH3 is 1. The number of phenols is 3. The van der Waals surface area contributed by atoms with Gasteiger partial charge < -0.3 is 49.8 Å². The highest BCUT2D eigenvalue weighted by atomic mass is 16.7. The summed E-state index contributed by atoms with van der Waals surface area (Å²) in [4.78, 5) is 28.6. The van der Waals surface area contributed by atoms with E-state index in [9.17, 15) is 35.1 Å². The Bertz CT molecular complexity index is 2070. The lowest BCUT2D eigenvalue weighted by Gasteiger charge is -2.36. The topological polar surface area (TPSA) is 203 Å². The molecule has 1 unspecified atom stereocenters. The van der Waals surface area contributed by atoms with Crippen LogP contribution in [0.2, 0.25) is 0 Å². The number of aliphatic hydroxyl groups is 2. The van der Waals surface area contributed by atoms with Crippen molar-refractivity contribution in [2.45, 2.75) is 123 Å². The molecule has 7 rings (SSSR count). The second-order valence-corrected chi connectivity index (χ2v) is 17.5. The van der Waals surface area contributed by atoms with Crippen molar-refractivity contribution in [3.05, 3.63) is 52.8 Å². The first-order valence-corrected chi connectivity index (χ1v) is 21.5. The van der Waals surface area contributed by atoms with Gasteiger partial charge in [-0.05, 0) is 51.0 Å². The minimum absolute atomic E-state index is 0.00975. The maximum atomic E-state index is 13.8. The third-order valence-corrected chi connectivity index (χ3v) is 13.0. The number of carbonyl (C=O) groups excluding carboxylic acids is 2. The van der Waals surface area contributed by atoms with Gasteiger partial charge in [0.2, 0.25) is 0 Å². The van der Waals surface area contributed by atoms with Crippen LogP contribution in [0, 0.1) is 24.7 Å². The monoisotopic (exact) mass is 848 g/mol. The van der Waals surface area contributed by atoms with E-state index in [1.165, 1.54) is 66.0 Å². The molecule has 1 aliphatic carbocycles. The molecule has 334 valence electrons. The lowest BCUT2D eigenvalue weighted by molar-refractivity contribution is -0.181. The van der Waals surface area contributed by atoms with Gasteiger partial charge in [0.15, 0.2) is 11.9 Å². The summed E-state index contributed by atoms with van der Waals surface area (Å²) in [6, 6.07) is 0.577. The van der Waals surface area contributed by atoms with E-state index in [2.05, 4.69) is 10.2 Å². The molecule has 1 amide bonds. The van der Waals surface area contributed by atoms with Gasteiger partial charge in [0.1, 0.15) is 23.4 Å². The molecule has 6 N–H and O–H groups in total. The maximum Gasteiger partial charge on any atom is 0.302 e. The number of aliphatic hydroxyl groups excluding tert-OH is 2. The Kier molecular flexibility index (Phi) is 14.3. The molecule has 15 heteroatoms. The second kappa shape index (κ2) is 19.1. The zero-order chi connectivity index (χ0) is 44.3. The second-order valence-electron chi connectivity index (χ2n) is 17.5. The number of aromatic hydroxyl groups is 3. The number of allylic oxidation sites excluding steroid dienone is 3. The summed E-state index contributed by atoms with van der Waals surface area (Å²) < 4.78 is 23.8. The Morgan fingerprint density at radius 2 is 1.67 bits per heavy atom. The van der Waals surface area contributed by atoms with E-state index in [1.807, 2.05) is 31.9 Å². The van der Waals surface area contributed by atoms with Crippen LogP contribution in [0.15, 0.2) is 41.2 Å². The van der Waals surface area contributed by atoms with Crippen LogP contribution in [0.4, 0.5) is 5.69 Å². The molecule has 2 aromatic rings. The fraction of sp³-hybridized carbons (Fsp3) is 0.587. The number of piperazine rings is 1. The van der Waals surface area contributed by atoms with Crippen LogP contribution in [-0.2, 0) is 23.8 Å². The summed E-state index contributed by atoms with van der Waals surface area (Å²) in [5, 5.41) is 68.4. The molecule has 8 atom stereocenters. The first kappa shape index (κ1) is 45.7. The number of anilines is 1. The number of carbonyl (C=O) groups is 2. The Balaban J connectivity index is 1.44. The predicted octanol–water partition coefficient (Wildman–Crippen LogP) is 6.28. The van der Waals surface area contributed by atoms with Crippen LogP contribution in [-0.4, -0.2) is 117 Å². The van der Waals surface area contributed by atoms with Gasteiger partial charge >= 0.3 is 5.97 Å². The highest BCUT2D eigenvalue weighted by molar-refractivity contribution is 6.16. The number of nitrogens with one attached hydrogen (secondary N) is 1. The van der Waals surface area contributed by atoms with E-state index in [-0.39, 0.29) is 62.7 Å². The number of hydrazone groups is 1. The van der Waals surface area contributed by atoms with Gasteiger partial charge in [-0.15, -0.1) is 0 Å². The summed E-state index contributed by atoms with van der Waals surface area (Å²) in [6.07, 6.45) is 11.4. The van der Waals surface area contributed by atoms with E-state index >= 15 is 0 Å². The Morgan fingerprint density at radius 3 is 2.33 bits per heavy atom. The number of rotatable bonds is 5. The number of hydrogen-bond acceptors (Lipinski definition) is 14. The van der Waals surface area contributed by atoms with E-state index in [1.54, 1.807) is 25.2 Å². The summed E-state index contributed by atoms with van der Waals surface area (Å²) in [6.45, 7) is 14.6. The van der Waals surface area contributed by atoms with Crippen LogP contribution >= 0.6 is 0 Å². The molecule has 1 saturated carbocycles. The fourth-order valence-electron chi connectivity index (χ4n) is 9.25. The zero-order valence-corrected chi connectivity index (χ0v) is 36.7. The molecule has 61 heavy (non-hydrogen) atoms. The number of ether oxygens (including phenoxy) is 4. The number of hydrogen-bond donors (Lipinski definition) is 6. The smallest absolute Gasteiger partial charge is 0.302 e. The number of nitrogens with zero attached hydrogens (tertiary/aromatic N) is 3. The molecule has 4 heterocycles. The average Bonchev–Trinajstić information content (AvgIpc) is 3.86. The lowest BCUT2D eigenvalue weighted by atomic mass is 9.83. The van der Waals surface area contributed by atoms with Crippen LogP contribution < -0.4 is 10.1 Å². The lowest BCUT2D eigenvalue weighted by Crippen LogP contribution is -2.47. The molecular weight excluding hydrogens is 785 g/mol. The number of amides is 1. The Hall–Kier alpha value is -4.83. The van der Waals surface area contributed by atoms with Crippen LogP contribution in [0.3, 0.4) is 0 Å². The van der Waals surface area contributed by atoms with Crippen molar-refractivity contribution in [3.8, 4) is 23.0 Å². The quantitative estimate of drug-likeness (QED) is 0.0850. The van der Waals surface area contributed by atoms with Gasteiger partial charge in [-0.1, -0.05) is 51.8 Å². The molecule has 0 spiro atoms.